The Balaban J connectivity index is 2.06. The van der Waals surface area contributed by atoms with Crippen molar-refractivity contribution in [1.82, 2.24) is 0 Å². The Morgan fingerprint density at radius 2 is 1.92 bits per heavy atom. The summed E-state index contributed by atoms with van der Waals surface area (Å²) in [6.45, 7) is 0. The van der Waals surface area contributed by atoms with E-state index in [1.807, 2.05) is 0 Å². The van der Waals surface area contributed by atoms with Crippen molar-refractivity contribution >= 4 is 5.78 Å². The molecule has 74 valence electrons. The van der Waals surface area contributed by atoms with E-state index in [1.165, 1.54) is 0 Å². The van der Waals surface area contributed by atoms with Crippen LogP contribution in [0.1, 0.15) is 12.8 Å². The molecule has 2 rings (SSSR count). The SMILES string of the molecule is O=C(C1CC2CC2C1O)C(F)(F)F. The van der Waals surface area contributed by atoms with Crippen molar-refractivity contribution in [3.63, 3.8) is 0 Å². The number of hydrogen-bond donors (Lipinski definition) is 1. The molecule has 0 radical (unpaired) electrons. The zero-order valence-electron chi connectivity index (χ0n) is 6.71. The van der Waals surface area contributed by atoms with Crippen molar-refractivity contribution < 1.29 is 23.1 Å². The molecule has 4 unspecified atom stereocenters. The summed E-state index contributed by atoms with van der Waals surface area (Å²) in [5, 5.41) is 9.31. The van der Waals surface area contributed by atoms with Gasteiger partial charge >= 0.3 is 6.18 Å². The molecule has 13 heavy (non-hydrogen) atoms. The minimum Gasteiger partial charge on any atom is -0.392 e. The van der Waals surface area contributed by atoms with Gasteiger partial charge in [0.15, 0.2) is 0 Å². The second-order valence-electron chi connectivity index (χ2n) is 3.85. The topological polar surface area (TPSA) is 37.3 Å². The van der Waals surface area contributed by atoms with E-state index in [1.54, 1.807) is 0 Å². The van der Waals surface area contributed by atoms with E-state index in [0.29, 0.717) is 0 Å². The number of Topliss-reactive ketones (excluding diaryl/α,β-unsaturated/α-hetero) is 1. The average Bonchev–Trinajstić information content (AvgIpc) is 2.69. The van der Waals surface area contributed by atoms with Crippen LogP contribution < -0.4 is 0 Å². The van der Waals surface area contributed by atoms with Crippen LogP contribution in [0.5, 0.6) is 0 Å². The summed E-state index contributed by atoms with van der Waals surface area (Å²) >= 11 is 0. The monoisotopic (exact) mass is 194 g/mol. The van der Waals surface area contributed by atoms with Crippen molar-refractivity contribution in [2.45, 2.75) is 25.1 Å². The molecule has 0 aromatic carbocycles. The van der Waals surface area contributed by atoms with Crippen molar-refractivity contribution in [3.8, 4) is 0 Å². The molecule has 0 bridgehead atoms. The highest BCUT2D eigenvalue weighted by Gasteiger charge is 2.59. The molecule has 4 atom stereocenters. The number of aliphatic hydroxyl groups excluding tert-OH is 1. The Hall–Kier alpha value is -0.580. The van der Waals surface area contributed by atoms with Gasteiger partial charge in [-0.2, -0.15) is 13.2 Å². The number of carbonyl (C=O) groups is 1. The number of hydrogen-bond acceptors (Lipinski definition) is 2. The molecule has 0 aromatic heterocycles. The highest BCUT2D eigenvalue weighted by atomic mass is 19.4. The van der Waals surface area contributed by atoms with E-state index < -0.39 is 24.0 Å². The fraction of sp³-hybridized carbons (Fsp3) is 0.875. The fourth-order valence-corrected chi connectivity index (χ4v) is 2.20. The fourth-order valence-electron chi connectivity index (χ4n) is 2.20. The molecule has 2 saturated carbocycles. The van der Waals surface area contributed by atoms with Gasteiger partial charge in [-0.25, -0.2) is 0 Å². The first kappa shape index (κ1) is 8.99. The molecule has 2 aliphatic rings. The number of rotatable bonds is 1. The number of halogens is 3. The van der Waals surface area contributed by atoms with Gasteiger partial charge < -0.3 is 5.11 Å². The Kier molecular flexibility index (Phi) is 1.71. The van der Waals surface area contributed by atoms with Crippen LogP contribution in [0.25, 0.3) is 0 Å². The van der Waals surface area contributed by atoms with E-state index in [0.717, 1.165) is 6.42 Å². The standard InChI is InChI=1S/C8H9F3O2/c9-8(10,11)7(13)5-2-3-1-4(3)6(5)12/h3-6,12H,1-2H2. The zero-order chi connectivity index (χ0) is 9.80. The largest absolute Gasteiger partial charge is 0.450 e. The van der Waals surface area contributed by atoms with Gasteiger partial charge in [-0.15, -0.1) is 0 Å². The smallest absolute Gasteiger partial charge is 0.392 e. The van der Waals surface area contributed by atoms with Crippen molar-refractivity contribution in [2.24, 2.45) is 17.8 Å². The van der Waals surface area contributed by atoms with E-state index in [9.17, 15) is 23.1 Å². The lowest BCUT2D eigenvalue weighted by atomic mass is 9.95. The summed E-state index contributed by atoms with van der Waals surface area (Å²) in [5.74, 6) is -2.83. The summed E-state index contributed by atoms with van der Waals surface area (Å²) in [4.78, 5) is 10.8. The van der Waals surface area contributed by atoms with Crippen LogP contribution in [0.4, 0.5) is 13.2 Å². The van der Waals surface area contributed by atoms with E-state index in [2.05, 4.69) is 0 Å². The van der Waals surface area contributed by atoms with E-state index in [4.69, 9.17) is 0 Å². The van der Waals surface area contributed by atoms with Crippen LogP contribution in [0.2, 0.25) is 0 Å². The van der Waals surface area contributed by atoms with Crippen LogP contribution in [-0.4, -0.2) is 23.2 Å². The van der Waals surface area contributed by atoms with Crippen LogP contribution in [-0.2, 0) is 4.79 Å². The predicted octanol–water partition coefficient (Wildman–Crippen LogP) is 1.13. The van der Waals surface area contributed by atoms with Crippen molar-refractivity contribution in [1.29, 1.82) is 0 Å². The first-order valence-corrected chi connectivity index (χ1v) is 4.20. The molecule has 0 spiro atoms. The molecular formula is C8H9F3O2. The lowest BCUT2D eigenvalue weighted by molar-refractivity contribution is -0.178. The third-order valence-corrected chi connectivity index (χ3v) is 3.00. The average molecular weight is 194 g/mol. The maximum Gasteiger partial charge on any atom is 0.450 e. The zero-order valence-corrected chi connectivity index (χ0v) is 6.71. The molecule has 0 aliphatic heterocycles. The van der Waals surface area contributed by atoms with Gasteiger partial charge in [0, 0.05) is 0 Å². The quantitative estimate of drug-likeness (QED) is 0.679. The molecule has 2 aliphatic carbocycles. The normalized spacial score (nSPS) is 43.1. The van der Waals surface area contributed by atoms with Gasteiger partial charge in [0.1, 0.15) is 0 Å². The summed E-state index contributed by atoms with van der Waals surface area (Å²) < 4.78 is 35.9. The number of alkyl halides is 3. The van der Waals surface area contributed by atoms with Crippen molar-refractivity contribution in [3.05, 3.63) is 0 Å². The third kappa shape index (κ3) is 1.35. The Labute approximate surface area is 72.7 Å². The molecule has 1 N–H and O–H groups in total. The second kappa shape index (κ2) is 2.47. The van der Waals surface area contributed by atoms with Gasteiger partial charge in [0.05, 0.1) is 12.0 Å². The summed E-state index contributed by atoms with van der Waals surface area (Å²) in [6.07, 6.45) is -4.85. The van der Waals surface area contributed by atoms with Crippen LogP contribution in [0.15, 0.2) is 0 Å². The number of fused-ring (bicyclic) bond motifs is 1. The highest BCUT2D eigenvalue weighted by molar-refractivity contribution is 5.87. The third-order valence-electron chi connectivity index (χ3n) is 3.00. The number of ketones is 1. The maximum absolute atomic E-state index is 12.0. The molecule has 0 aromatic rings. The molecule has 0 heterocycles. The van der Waals surface area contributed by atoms with Gasteiger partial charge in [-0.3, -0.25) is 4.79 Å². The Bertz CT molecular complexity index is 248. The van der Waals surface area contributed by atoms with Gasteiger partial charge in [0.2, 0.25) is 5.78 Å². The van der Waals surface area contributed by atoms with Gasteiger partial charge in [-0.05, 0) is 24.7 Å². The first-order valence-electron chi connectivity index (χ1n) is 4.20. The van der Waals surface area contributed by atoms with E-state index in [-0.39, 0.29) is 18.3 Å². The minimum absolute atomic E-state index is 0.0451. The molecular weight excluding hydrogens is 185 g/mol. The Morgan fingerprint density at radius 3 is 2.31 bits per heavy atom. The predicted molar refractivity (Wildman–Crippen MR) is 36.8 cm³/mol. The van der Waals surface area contributed by atoms with Crippen LogP contribution in [0, 0.1) is 17.8 Å². The molecule has 2 nitrogen and oxygen atoms in total. The minimum atomic E-state index is -4.79. The maximum atomic E-state index is 12.0. The number of carbonyl (C=O) groups excluding carboxylic acids is 1. The van der Waals surface area contributed by atoms with Crippen LogP contribution in [0.3, 0.4) is 0 Å². The molecule has 0 saturated heterocycles. The van der Waals surface area contributed by atoms with Crippen molar-refractivity contribution in [2.75, 3.05) is 0 Å². The van der Waals surface area contributed by atoms with Gasteiger partial charge in [0.25, 0.3) is 0 Å². The second-order valence-corrected chi connectivity index (χ2v) is 3.85. The molecule has 2 fully saturated rings. The van der Waals surface area contributed by atoms with Gasteiger partial charge in [-0.1, -0.05) is 0 Å². The summed E-state index contributed by atoms with van der Waals surface area (Å²) in [7, 11) is 0. The van der Waals surface area contributed by atoms with E-state index >= 15 is 0 Å². The molecule has 0 amide bonds. The lowest BCUT2D eigenvalue weighted by Gasteiger charge is -2.17. The lowest BCUT2D eigenvalue weighted by Crippen LogP contribution is -2.36. The first-order chi connectivity index (χ1) is 5.91. The van der Waals surface area contributed by atoms with Crippen LogP contribution >= 0.6 is 0 Å². The molecule has 5 heteroatoms. The number of aliphatic hydroxyl groups is 1. The summed E-state index contributed by atoms with van der Waals surface area (Å²) in [6, 6.07) is 0. The highest BCUT2D eigenvalue weighted by Crippen LogP contribution is 2.55. The Morgan fingerprint density at radius 1 is 1.31 bits per heavy atom. The summed E-state index contributed by atoms with van der Waals surface area (Å²) in [5.41, 5.74) is 0.